The second-order valence-electron chi connectivity index (χ2n) is 5.06. The van der Waals surface area contributed by atoms with Gasteiger partial charge in [-0.2, -0.15) is 0 Å². The van der Waals surface area contributed by atoms with E-state index in [4.69, 9.17) is 5.73 Å². The largest absolute Gasteiger partial charge is 0.394 e. The van der Waals surface area contributed by atoms with E-state index in [9.17, 15) is 5.11 Å². The smallest absolute Gasteiger partial charge is 0.191 e. The number of nitrogen functional groups attached to an aromatic ring is 1. The highest BCUT2D eigenvalue weighted by atomic mass is 32.2. The molecular formula is C15H17N5OS2. The third-order valence-electron chi connectivity index (χ3n) is 3.12. The Hall–Kier alpha value is -1.90. The van der Waals surface area contributed by atoms with Gasteiger partial charge in [-0.1, -0.05) is 53.4 Å². The topological polar surface area (TPSA) is 97.0 Å². The number of nitrogens with one attached hydrogen (secondary N) is 1. The first-order chi connectivity index (χ1) is 11.2. The van der Waals surface area contributed by atoms with Gasteiger partial charge in [0.05, 0.1) is 6.61 Å². The number of aliphatic hydroxyl groups is 1. The average Bonchev–Trinajstić information content (AvgIpc) is 2.94. The maximum absolute atomic E-state index is 9.24. The number of fused-ring (bicyclic) bond motifs is 1. The number of anilines is 2. The maximum Gasteiger partial charge on any atom is 0.191 e. The Morgan fingerprint density at radius 2 is 2.04 bits per heavy atom. The zero-order chi connectivity index (χ0) is 16.2. The van der Waals surface area contributed by atoms with Crippen LogP contribution in [0.3, 0.4) is 0 Å². The van der Waals surface area contributed by atoms with Crippen molar-refractivity contribution in [2.75, 3.05) is 17.7 Å². The normalized spacial score (nSPS) is 12.4. The molecule has 6 nitrogen and oxygen atoms in total. The monoisotopic (exact) mass is 347 g/mol. The fourth-order valence-electron chi connectivity index (χ4n) is 1.99. The molecule has 120 valence electrons. The molecule has 0 fully saturated rings. The molecule has 0 radical (unpaired) electrons. The number of benzene rings is 1. The van der Waals surface area contributed by atoms with Crippen LogP contribution in [0.5, 0.6) is 0 Å². The summed E-state index contributed by atoms with van der Waals surface area (Å²) >= 11 is 2.90. The lowest BCUT2D eigenvalue weighted by molar-refractivity contribution is 0.281. The van der Waals surface area contributed by atoms with Gasteiger partial charge in [0.2, 0.25) is 0 Å². The fraction of sp³-hybridized carbons (Fsp3) is 0.267. The molecule has 23 heavy (non-hydrogen) atoms. The van der Waals surface area contributed by atoms with Gasteiger partial charge in [-0.15, -0.1) is 0 Å². The van der Waals surface area contributed by atoms with Gasteiger partial charge in [-0.3, -0.25) is 0 Å². The van der Waals surface area contributed by atoms with Gasteiger partial charge in [0.1, 0.15) is 5.52 Å². The van der Waals surface area contributed by atoms with Crippen LogP contribution < -0.4 is 11.1 Å². The summed E-state index contributed by atoms with van der Waals surface area (Å²) in [6, 6.07) is 10.0. The molecule has 3 rings (SSSR count). The Labute approximate surface area is 142 Å². The molecule has 0 amide bonds. The standard InChI is InChI=1S/C15H17N5OS2/c1-9(7-21)17-12-11-13(23-14(16)18-11)20-15(19-12)22-8-10-5-3-2-4-6-10/h2-6,9,21H,7-8H2,1H3,(H2,16,18)(H,17,19,20)/t9-/m1/s1. The lowest BCUT2D eigenvalue weighted by atomic mass is 10.2. The van der Waals surface area contributed by atoms with Crippen molar-refractivity contribution in [2.45, 2.75) is 23.9 Å². The van der Waals surface area contributed by atoms with E-state index in [1.807, 2.05) is 25.1 Å². The van der Waals surface area contributed by atoms with E-state index in [1.165, 1.54) is 16.9 Å². The lowest BCUT2D eigenvalue weighted by Crippen LogP contribution is -2.20. The third-order valence-corrected chi connectivity index (χ3v) is 4.82. The van der Waals surface area contributed by atoms with Crippen LogP contribution in [0, 0.1) is 0 Å². The zero-order valence-electron chi connectivity index (χ0n) is 12.6. The van der Waals surface area contributed by atoms with Crippen LogP contribution >= 0.6 is 23.1 Å². The van der Waals surface area contributed by atoms with Crippen LogP contribution in [0.1, 0.15) is 12.5 Å². The van der Waals surface area contributed by atoms with Gasteiger partial charge in [0, 0.05) is 11.8 Å². The minimum Gasteiger partial charge on any atom is -0.394 e. The number of hydrogen-bond acceptors (Lipinski definition) is 8. The zero-order valence-corrected chi connectivity index (χ0v) is 14.2. The molecular weight excluding hydrogens is 330 g/mol. The van der Waals surface area contributed by atoms with Crippen LogP contribution in [0.2, 0.25) is 0 Å². The molecule has 0 spiro atoms. The molecule has 0 bridgehead atoms. The lowest BCUT2D eigenvalue weighted by Gasteiger charge is -2.12. The number of thiazole rings is 1. The van der Waals surface area contributed by atoms with Crippen molar-refractivity contribution in [3.8, 4) is 0 Å². The Morgan fingerprint density at radius 1 is 1.26 bits per heavy atom. The van der Waals surface area contributed by atoms with Crippen molar-refractivity contribution in [3.05, 3.63) is 35.9 Å². The summed E-state index contributed by atoms with van der Waals surface area (Å²) in [6.45, 7) is 1.89. The first kappa shape index (κ1) is 16.0. The van der Waals surface area contributed by atoms with Crippen LogP contribution in [-0.4, -0.2) is 32.7 Å². The SMILES string of the molecule is C[C@H](CO)Nc1nc(SCc2ccccc2)nc2sc(N)nc12. The number of aromatic nitrogens is 3. The Morgan fingerprint density at radius 3 is 2.78 bits per heavy atom. The molecule has 0 saturated heterocycles. The average molecular weight is 347 g/mol. The quantitative estimate of drug-likeness (QED) is 0.466. The number of thioether (sulfide) groups is 1. The molecule has 0 aliphatic carbocycles. The first-order valence-electron chi connectivity index (χ1n) is 7.14. The number of rotatable bonds is 6. The van der Waals surface area contributed by atoms with E-state index in [0.717, 1.165) is 10.6 Å². The summed E-state index contributed by atoms with van der Waals surface area (Å²) in [5.74, 6) is 1.40. The molecule has 8 heteroatoms. The molecule has 0 unspecified atom stereocenters. The summed E-state index contributed by atoms with van der Waals surface area (Å²) in [5, 5.41) is 13.5. The van der Waals surface area contributed by atoms with Gasteiger partial charge >= 0.3 is 0 Å². The number of nitrogens with two attached hydrogens (primary N) is 1. The predicted molar refractivity (Wildman–Crippen MR) is 95.8 cm³/mol. The molecule has 1 atom stereocenters. The van der Waals surface area contributed by atoms with E-state index >= 15 is 0 Å². The van der Waals surface area contributed by atoms with Crippen molar-refractivity contribution in [3.63, 3.8) is 0 Å². The van der Waals surface area contributed by atoms with Crippen molar-refractivity contribution < 1.29 is 5.11 Å². The summed E-state index contributed by atoms with van der Waals surface area (Å²) in [4.78, 5) is 14.1. The second kappa shape index (κ2) is 7.12. The Kier molecular flexibility index (Phi) is 4.94. The Balaban J connectivity index is 1.88. The van der Waals surface area contributed by atoms with Gasteiger partial charge in [0.25, 0.3) is 0 Å². The van der Waals surface area contributed by atoms with E-state index in [-0.39, 0.29) is 12.6 Å². The molecule has 2 aromatic heterocycles. The maximum atomic E-state index is 9.24. The van der Waals surface area contributed by atoms with Crippen LogP contribution in [0.25, 0.3) is 10.3 Å². The van der Waals surface area contributed by atoms with Gasteiger partial charge in [-0.25, -0.2) is 15.0 Å². The molecule has 3 aromatic rings. The molecule has 2 heterocycles. The summed E-state index contributed by atoms with van der Waals surface area (Å²) in [7, 11) is 0. The van der Waals surface area contributed by atoms with Crippen molar-refractivity contribution in [1.29, 1.82) is 0 Å². The van der Waals surface area contributed by atoms with Crippen molar-refractivity contribution in [1.82, 2.24) is 15.0 Å². The fourth-order valence-corrected chi connectivity index (χ4v) is 3.55. The summed E-state index contributed by atoms with van der Waals surface area (Å²) in [6.07, 6.45) is 0. The molecule has 0 aliphatic rings. The van der Waals surface area contributed by atoms with Crippen molar-refractivity contribution in [2.24, 2.45) is 0 Å². The molecule has 0 aliphatic heterocycles. The van der Waals surface area contributed by atoms with E-state index < -0.39 is 0 Å². The second-order valence-corrected chi connectivity index (χ2v) is 7.01. The minimum absolute atomic E-state index is 0.0115. The van der Waals surface area contributed by atoms with Crippen LogP contribution in [0.15, 0.2) is 35.5 Å². The minimum atomic E-state index is -0.122. The highest BCUT2D eigenvalue weighted by Crippen LogP contribution is 2.30. The first-order valence-corrected chi connectivity index (χ1v) is 8.94. The molecule has 4 N–H and O–H groups in total. The summed E-state index contributed by atoms with van der Waals surface area (Å²) < 4.78 is 0. The molecule has 1 aromatic carbocycles. The molecule has 0 saturated carbocycles. The number of aliphatic hydroxyl groups excluding tert-OH is 1. The van der Waals surface area contributed by atoms with Gasteiger partial charge in [-0.05, 0) is 12.5 Å². The number of nitrogens with zero attached hydrogens (tertiary/aromatic N) is 3. The summed E-state index contributed by atoms with van der Waals surface area (Å²) in [5.41, 5.74) is 7.65. The highest BCUT2D eigenvalue weighted by Gasteiger charge is 2.14. The van der Waals surface area contributed by atoms with Crippen LogP contribution in [0.4, 0.5) is 10.9 Å². The van der Waals surface area contributed by atoms with Crippen LogP contribution in [-0.2, 0) is 5.75 Å². The van der Waals surface area contributed by atoms with E-state index in [2.05, 4.69) is 32.4 Å². The Bertz CT molecular complexity index is 793. The van der Waals surface area contributed by atoms with Gasteiger partial charge < -0.3 is 16.2 Å². The predicted octanol–water partition coefficient (Wildman–Crippen LogP) is 2.75. The van der Waals surface area contributed by atoms with Gasteiger partial charge in [0.15, 0.2) is 20.9 Å². The van der Waals surface area contributed by atoms with Crippen molar-refractivity contribution >= 4 is 44.4 Å². The number of hydrogen-bond donors (Lipinski definition) is 3. The van der Waals surface area contributed by atoms with E-state index in [0.29, 0.717) is 21.6 Å². The highest BCUT2D eigenvalue weighted by molar-refractivity contribution is 7.98. The van der Waals surface area contributed by atoms with E-state index in [1.54, 1.807) is 11.8 Å². The third kappa shape index (κ3) is 3.90.